The number of fused-ring (bicyclic) bond motifs is 1. The number of halogens is 1. The van der Waals surface area contributed by atoms with Gasteiger partial charge in [0.2, 0.25) is 0 Å². The smallest absolute Gasteiger partial charge is 0.267 e. The van der Waals surface area contributed by atoms with Crippen molar-refractivity contribution in [2.45, 2.75) is 37.7 Å². The fourth-order valence-corrected chi connectivity index (χ4v) is 5.39. The Kier molecular flexibility index (Phi) is 6.36. The van der Waals surface area contributed by atoms with Crippen LogP contribution in [-0.2, 0) is 14.8 Å². The number of sulfonamides is 1. The molecular formula is C25H25ClN2O4S. The molecule has 1 aliphatic rings. The predicted molar refractivity (Wildman–Crippen MR) is 131 cm³/mol. The van der Waals surface area contributed by atoms with Crippen LogP contribution in [0, 0.1) is 6.92 Å². The van der Waals surface area contributed by atoms with Crippen LogP contribution in [0.15, 0.2) is 71.6 Å². The number of rotatable bonds is 5. The second kappa shape index (κ2) is 9.08. The van der Waals surface area contributed by atoms with Crippen molar-refractivity contribution in [3.63, 3.8) is 0 Å². The van der Waals surface area contributed by atoms with Crippen LogP contribution in [0.1, 0.15) is 30.9 Å². The van der Waals surface area contributed by atoms with E-state index < -0.39 is 22.0 Å². The van der Waals surface area contributed by atoms with Gasteiger partial charge in [0.15, 0.2) is 6.10 Å². The number of ether oxygens (including phenoxy) is 1. The summed E-state index contributed by atoms with van der Waals surface area (Å²) in [7, 11) is -3.96. The molecule has 3 aromatic rings. The molecule has 0 unspecified atom stereocenters. The predicted octanol–water partition coefficient (Wildman–Crippen LogP) is 5.37. The first-order valence-electron chi connectivity index (χ1n) is 10.6. The highest BCUT2D eigenvalue weighted by Crippen LogP contribution is 2.39. The summed E-state index contributed by atoms with van der Waals surface area (Å²) < 4.78 is 34.2. The third-order valence-corrected chi connectivity index (χ3v) is 7.56. The Morgan fingerprint density at radius 2 is 1.79 bits per heavy atom. The Bertz CT molecular complexity index is 1290. The van der Waals surface area contributed by atoms with Crippen molar-refractivity contribution in [1.82, 2.24) is 0 Å². The zero-order valence-electron chi connectivity index (χ0n) is 18.6. The maximum atomic E-state index is 13.5. The van der Waals surface area contributed by atoms with Gasteiger partial charge in [0.25, 0.3) is 15.9 Å². The Balaban J connectivity index is 1.70. The number of carbonyl (C=O) groups excluding carboxylic acids is 1. The SMILES string of the molecule is Cc1ccc(S(=O)(=O)N2C[C@@H](C(=O)Nc3ccccc3C(C)C)Oc3ccc(Cl)cc32)cc1. The molecule has 3 aromatic carbocycles. The van der Waals surface area contributed by atoms with Crippen LogP contribution in [0.25, 0.3) is 0 Å². The number of hydrogen-bond acceptors (Lipinski definition) is 4. The lowest BCUT2D eigenvalue weighted by molar-refractivity contribution is -0.122. The first-order valence-corrected chi connectivity index (χ1v) is 12.4. The molecule has 0 aliphatic carbocycles. The van der Waals surface area contributed by atoms with Crippen LogP contribution in [-0.4, -0.2) is 27.0 Å². The van der Waals surface area contributed by atoms with Gasteiger partial charge in [-0.25, -0.2) is 8.42 Å². The first-order chi connectivity index (χ1) is 15.7. The quantitative estimate of drug-likeness (QED) is 0.528. The Hall–Kier alpha value is -3.03. The highest BCUT2D eigenvalue weighted by molar-refractivity contribution is 7.92. The summed E-state index contributed by atoms with van der Waals surface area (Å²) in [5.74, 6) is 0.0569. The van der Waals surface area contributed by atoms with Gasteiger partial charge in [-0.2, -0.15) is 0 Å². The lowest BCUT2D eigenvalue weighted by atomic mass is 10.0. The lowest BCUT2D eigenvalue weighted by Crippen LogP contribution is -2.48. The molecule has 1 atom stereocenters. The topological polar surface area (TPSA) is 75.7 Å². The van der Waals surface area contributed by atoms with Crippen LogP contribution in [0.3, 0.4) is 0 Å². The molecule has 0 bridgehead atoms. The minimum Gasteiger partial charge on any atom is -0.476 e. The van der Waals surface area contributed by atoms with Gasteiger partial charge in [0.1, 0.15) is 5.75 Å². The summed E-state index contributed by atoms with van der Waals surface area (Å²) in [5, 5.41) is 3.28. The van der Waals surface area contributed by atoms with Crippen molar-refractivity contribution >= 4 is 38.9 Å². The highest BCUT2D eigenvalue weighted by Gasteiger charge is 2.38. The van der Waals surface area contributed by atoms with E-state index in [1.165, 1.54) is 10.4 Å². The largest absolute Gasteiger partial charge is 0.476 e. The van der Waals surface area contributed by atoms with E-state index in [9.17, 15) is 13.2 Å². The number of aryl methyl sites for hydroxylation is 1. The van der Waals surface area contributed by atoms with Crippen molar-refractivity contribution in [3.8, 4) is 5.75 Å². The van der Waals surface area contributed by atoms with Crippen LogP contribution >= 0.6 is 11.6 Å². The van der Waals surface area contributed by atoms with E-state index in [0.717, 1.165) is 11.1 Å². The monoisotopic (exact) mass is 484 g/mol. The van der Waals surface area contributed by atoms with Gasteiger partial charge < -0.3 is 10.1 Å². The van der Waals surface area contributed by atoms with E-state index in [2.05, 4.69) is 5.32 Å². The standard InChI is InChI=1S/C25H25ClN2O4S/c1-16(2)20-6-4-5-7-21(20)27-25(29)24-15-28(22-14-18(26)10-13-23(22)32-24)33(30,31)19-11-8-17(3)9-12-19/h4-14,16,24H,15H2,1-3H3,(H,27,29)/t24-/m0/s1. The summed E-state index contributed by atoms with van der Waals surface area (Å²) in [6.45, 7) is 5.78. The number of para-hydroxylation sites is 1. The number of hydrogen-bond donors (Lipinski definition) is 1. The molecule has 0 aromatic heterocycles. The number of benzene rings is 3. The Morgan fingerprint density at radius 3 is 2.48 bits per heavy atom. The molecule has 0 saturated carbocycles. The van der Waals surface area contributed by atoms with Gasteiger partial charge in [0, 0.05) is 10.7 Å². The Morgan fingerprint density at radius 1 is 1.09 bits per heavy atom. The summed E-state index contributed by atoms with van der Waals surface area (Å²) in [5.41, 5.74) is 2.91. The number of nitrogens with one attached hydrogen (secondary N) is 1. The molecular weight excluding hydrogens is 460 g/mol. The van der Waals surface area contributed by atoms with Gasteiger partial charge >= 0.3 is 0 Å². The molecule has 6 nitrogen and oxygen atoms in total. The molecule has 33 heavy (non-hydrogen) atoms. The van der Waals surface area contributed by atoms with Crippen molar-refractivity contribution in [1.29, 1.82) is 0 Å². The van der Waals surface area contributed by atoms with Gasteiger partial charge in [-0.3, -0.25) is 9.10 Å². The van der Waals surface area contributed by atoms with E-state index in [1.54, 1.807) is 36.4 Å². The van der Waals surface area contributed by atoms with Gasteiger partial charge in [-0.1, -0.05) is 61.3 Å². The molecule has 0 saturated heterocycles. The zero-order valence-corrected chi connectivity index (χ0v) is 20.2. The Labute approximate surface area is 199 Å². The molecule has 172 valence electrons. The first kappa shape index (κ1) is 23.1. The fraction of sp³-hybridized carbons (Fsp3) is 0.240. The van der Waals surface area contributed by atoms with Crippen LogP contribution in [0.2, 0.25) is 5.02 Å². The summed E-state index contributed by atoms with van der Waals surface area (Å²) in [6, 6.07) is 18.8. The second-order valence-electron chi connectivity index (χ2n) is 8.30. The van der Waals surface area contributed by atoms with E-state index in [4.69, 9.17) is 16.3 Å². The van der Waals surface area contributed by atoms with Gasteiger partial charge in [-0.15, -0.1) is 0 Å². The van der Waals surface area contributed by atoms with E-state index >= 15 is 0 Å². The highest BCUT2D eigenvalue weighted by atomic mass is 35.5. The minimum absolute atomic E-state index is 0.130. The summed E-state index contributed by atoms with van der Waals surface area (Å²) >= 11 is 6.16. The van der Waals surface area contributed by atoms with Crippen molar-refractivity contribution in [2.24, 2.45) is 0 Å². The molecule has 0 radical (unpaired) electrons. The van der Waals surface area contributed by atoms with Crippen LogP contribution in [0.5, 0.6) is 5.75 Å². The molecule has 0 spiro atoms. The normalized spacial score (nSPS) is 15.7. The van der Waals surface area contributed by atoms with Crippen LogP contribution in [0.4, 0.5) is 11.4 Å². The average molecular weight is 485 g/mol. The number of anilines is 2. The number of nitrogens with zero attached hydrogens (tertiary/aromatic N) is 1. The molecule has 4 rings (SSSR count). The zero-order chi connectivity index (χ0) is 23.8. The summed E-state index contributed by atoms with van der Waals surface area (Å²) in [6.07, 6.45) is -1.04. The van der Waals surface area contributed by atoms with Crippen molar-refractivity contribution in [2.75, 3.05) is 16.2 Å². The van der Waals surface area contributed by atoms with E-state index in [-0.39, 0.29) is 23.1 Å². The third-order valence-electron chi connectivity index (χ3n) is 5.53. The second-order valence-corrected chi connectivity index (χ2v) is 10.6. The van der Waals surface area contributed by atoms with E-state index in [0.29, 0.717) is 16.4 Å². The molecule has 1 aliphatic heterocycles. The molecule has 8 heteroatoms. The minimum atomic E-state index is -3.96. The third kappa shape index (κ3) is 4.70. The maximum absolute atomic E-state index is 13.5. The molecule has 0 fully saturated rings. The molecule has 1 heterocycles. The lowest BCUT2D eigenvalue weighted by Gasteiger charge is -2.35. The molecule has 1 amide bonds. The van der Waals surface area contributed by atoms with Crippen LogP contribution < -0.4 is 14.4 Å². The molecule has 1 N–H and O–H groups in total. The van der Waals surface area contributed by atoms with Crippen molar-refractivity contribution in [3.05, 3.63) is 82.9 Å². The maximum Gasteiger partial charge on any atom is 0.267 e. The number of carbonyl (C=O) groups is 1. The average Bonchev–Trinajstić information content (AvgIpc) is 2.78. The fourth-order valence-electron chi connectivity index (χ4n) is 3.75. The van der Waals surface area contributed by atoms with Gasteiger partial charge in [-0.05, 0) is 54.8 Å². The summed E-state index contributed by atoms with van der Waals surface area (Å²) in [4.78, 5) is 13.3. The van der Waals surface area contributed by atoms with E-state index in [1.807, 2.05) is 45.0 Å². The van der Waals surface area contributed by atoms with Crippen molar-refractivity contribution < 1.29 is 17.9 Å². The number of amides is 1. The van der Waals surface area contributed by atoms with Gasteiger partial charge in [0.05, 0.1) is 17.1 Å².